The minimum atomic E-state index is -3.05. The lowest BCUT2D eigenvalue weighted by atomic mass is 9.83. The van der Waals surface area contributed by atoms with Crippen LogP contribution < -0.4 is 10.1 Å². The van der Waals surface area contributed by atoms with E-state index < -0.39 is 9.84 Å². The predicted octanol–water partition coefficient (Wildman–Crippen LogP) is 6.52. The smallest absolute Gasteiger partial charge is 0.318 e. The molecule has 2 aliphatic rings. The summed E-state index contributed by atoms with van der Waals surface area (Å²) in [6, 6.07) is 15.8. The van der Waals surface area contributed by atoms with Crippen molar-refractivity contribution in [3.8, 4) is 11.5 Å². The molecule has 0 aromatic heterocycles. The van der Waals surface area contributed by atoms with Crippen molar-refractivity contribution < 1.29 is 17.9 Å². The van der Waals surface area contributed by atoms with Crippen LogP contribution in [0.15, 0.2) is 48.5 Å². The Kier molecular flexibility index (Phi) is 10.5. The Bertz CT molecular complexity index is 1180. The third kappa shape index (κ3) is 9.23. The number of likely N-dealkylation sites (tertiary alicyclic amines) is 1. The fraction of sp³-hybridized carbons (Fsp3) is 0.594. The zero-order valence-corrected chi connectivity index (χ0v) is 25.3. The van der Waals surface area contributed by atoms with E-state index in [4.69, 9.17) is 4.74 Å². The number of unbranched alkanes of at least 4 members (excludes halogenated alkanes) is 1. The highest BCUT2D eigenvalue weighted by atomic mass is 32.2. The Balaban J connectivity index is 1.26. The molecule has 7 nitrogen and oxygen atoms in total. The van der Waals surface area contributed by atoms with Gasteiger partial charge in [-0.1, -0.05) is 56.9 Å². The van der Waals surface area contributed by atoms with Gasteiger partial charge in [-0.25, -0.2) is 13.2 Å². The van der Waals surface area contributed by atoms with Gasteiger partial charge in [0, 0.05) is 44.0 Å². The fourth-order valence-electron chi connectivity index (χ4n) is 5.97. The summed E-state index contributed by atoms with van der Waals surface area (Å²) in [5, 5.41) is 3.42. The Morgan fingerprint density at radius 1 is 0.975 bits per heavy atom. The van der Waals surface area contributed by atoms with Crippen LogP contribution in [0.2, 0.25) is 0 Å². The average Bonchev–Trinajstić information content (AvgIpc) is 2.91. The van der Waals surface area contributed by atoms with E-state index in [1.54, 1.807) is 24.3 Å². The second kappa shape index (κ2) is 13.9. The summed E-state index contributed by atoms with van der Waals surface area (Å²) >= 11 is 0. The van der Waals surface area contributed by atoms with Crippen molar-refractivity contribution in [2.45, 2.75) is 95.5 Å². The number of urea groups is 1. The number of carbonyl (C=O) groups excluding carboxylic acids is 1. The van der Waals surface area contributed by atoms with Crippen LogP contribution in [0, 0.1) is 0 Å². The van der Waals surface area contributed by atoms with E-state index in [0.717, 1.165) is 76.0 Å². The molecule has 1 aliphatic heterocycles. The van der Waals surface area contributed by atoms with Crippen LogP contribution in [0.25, 0.3) is 0 Å². The number of amides is 2. The average molecular weight is 570 g/mol. The minimum absolute atomic E-state index is 0.0304. The van der Waals surface area contributed by atoms with E-state index in [0.29, 0.717) is 11.8 Å². The van der Waals surface area contributed by atoms with Gasteiger partial charge < -0.3 is 15.0 Å². The van der Waals surface area contributed by atoms with Gasteiger partial charge in [0.05, 0.1) is 5.75 Å². The molecule has 40 heavy (non-hydrogen) atoms. The lowest BCUT2D eigenvalue weighted by Crippen LogP contribution is -2.56. The van der Waals surface area contributed by atoms with Crippen molar-refractivity contribution in [1.82, 2.24) is 15.1 Å². The highest BCUT2D eigenvalue weighted by Gasteiger charge is 2.33. The van der Waals surface area contributed by atoms with Gasteiger partial charge >= 0.3 is 6.03 Å². The molecular formula is C32H47N3O4S. The lowest BCUT2D eigenvalue weighted by molar-refractivity contribution is 0.108. The molecule has 2 aromatic rings. The number of rotatable bonds is 11. The van der Waals surface area contributed by atoms with E-state index >= 15 is 0 Å². The normalized spacial score (nSPS) is 18.3. The van der Waals surface area contributed by atoms with Crippen LogP contribution in [0.4, 0.5) is 4.79 Å². The first-order chi connectivity index (χ1) is 19.1. The Hall–Kier alpha value is -2.58. The zero-order valence-electron chi connectivity index (χ0n) is 24.5. The van der Waals surface area contributed by atoms with Crippen LogP contribution in [0.1, 0.15) is 82.8 Å². The number of piperidine rings is 1. The van der Waals surface area contributed by atoms with Crippen LogP contribution in [0.3, 0.4) is 0 Å². The second-order valence-electron chi connectivity index (χ2n) is 12.1. The monoisotopic (exact) mass is 569 g/mol. The second-order valence-corrected chi connectivity index (χ2v) is 14.2. The number of hydrogen-bond acceptors (Lipinski definition) is 5. The third-order valence-electron chi connectivity index (χ3n) is 8.29. The SMILES string of the molecule is CCCCN(C(=O)NC1(C)CCCCC1)C1CCN(Cc2ccc(Oc3ccc(CS(C)(=O)=O)cc3)cc2)CC1. The molecule has 0 bridgehead atoms. The Morgan fingerprint density at radius 3 is 2.10 bits per heavy atom. The molecule has 220 valence electrons. The zero-order chi connectivity index (χ0) is 28.6. The molecule has 1 aliphatic carbocycles. The number of sulfone groups is 1. The van der Waals surface area contributed by atoms with E-state index in [9.17, 15) is 13.2 Å². The van der Waals surface area contributed by atoms with Gasteiger partial charge in [0.1, 0.15) is 11.5 Å². The molecule has 2 aromatic carbocycles. The largest absolute Gasteiger partial charge is 0.457 e. The Labute approximate surface area is 241 Å². The summed E-state index contributed by atoms with van der Waals surface area (Å²) in [6.45, 7) is 8.09. The first kappa shape index (κ1) is 30.4. The number of nitrogens with one attached hydrogen (secondary N) is 1. The molecule has 1 saturated heterocycles. The highest BCUT2D eigenvalue weighted by molar-refractivity contribution is 7.89. The van der Waals surface area contributed by atoms with Gasteiger partial charge in [-0.2, -0.15) is 0 Å². The van der Waals surface area contributed by atoms with E-state index in [1.165, 1.54) is 31.1 Å². The summed E-state index contributed by atoms with van der Waals surface area (Å²) in [5.74, 6) is 1.46. The number of carbonyl (C=O) groups is 1. The molecule has 2 amide bonds. The van der Waals surface area contributed by atoms with Crippen LogP contribution >= 0.6 is 0 Å². The van der Waals surface area contributed by atoms with Crippen LogP contribution in [-0.2, 0) is 22.1 Å². The van der Waals surface area contributed by atoms with Crippen molar-refractivity contribution in [3.05, 3.63) is 59.7 Å². The van der Waals surface area contributed by atoms with Gasteiger partial charge in [0.15, 0.2) is 9.84 Å². The van der Waals surface area contributed by atoms with Crippen molar-refractivity contribution in [1.29, 1.82) is 0 Å². The number of nitrogens with zero attached hydrogens (tertiary/aromatic N) is 2. The quantitative estimate of drug-likeness (QED) is 0.333. The molecule has 1 saturated carbocycles. The van der Waals surface area contributed by atoms with Crippen molar-refractivity contribution in [2.24, 2.45) is 0 Å². The maximum absolute atomic E-state index is 13.4. The van der Waals surface area contributed by atoms with E-state index in [2.05, 4.69) is 41.1 Å². The summed E-state index contributed by atoms with van der Waals surface area (Å²) < 4.78 is 28.9. The van der Waals surface area contributed by atoms with Gasteiger partial charge in [-0.05, 0) is 74.4 Å². The van der Waals surface area contributed by atoms with Gasteiger partial charge in [-0.3, -0.25) is 4.90 Å². The summed E-state index contributed by atoms with van der Waals surface area (Å²) in [6.07, 6.45) is 11.2. The third-order valence-corrected chi connectivity index (χ3v) is 9.15. The van der Waals surface area contributed by atoms with Crippen LogP contribution in [-0.4, -0.2) is 61.7 Å². The standard InChI is InChI=1S/C32H47N3O4S/c1-4-5-21-35(31(36)33-32(2)19-7-6-8-20-32)28-17-22-34(23-18-28)24-26-9-13-29(14-10-26)39-30-15-11-27(12-16-30)25-40(3,37)38/h9-16,28H,4-8,17-25H2,1-3H3,(H,33,36). The molecule has 0 radical (unpaired) electrons. The molecule has 0 atom stereocenters. The number of benzene rings is 2. The molecular weight excluding hydrogens is 522 g/mol. The first-order valence-electron chi connectivity index (χ1n) is 15.0. The molecule has 1 N–H and O–H groups in total. The molecule has 1 heterocycles. The summed E-state index contributed by atoms with van der Waals surface area (Å²) in [7, 11) is -3.05. The highest BCUT2D eigenvalue weighted by Crippen LogP contribution is 2.29. The minimum Gasteiger partial charge on any atom is -0.457 e. The van der Waals surface area contributed by atoms with E-state index in [1.807, 2.05) is 12.1 Å². The van der Waals surface area contributed by atoms with Crippen molar-refractivity contribution >= 4 is 15.9 Å². The summed E-state index contributed by atoms with van der Waals surface area (Å²) in [4.78, 5) is 18.0. The van der Waals surface area contributed by atoms with Crippen molar-refractivity contribution in [3.63, 3.8) is 0 Å². The first-order valence-corrected chi connectivity index (χ1v) is 17.0. The lowest BCUT2D eigenvalue weighted by Gasteiger charge is -2.41. The maximum Gasteiger partial charge on any atom is 0.318 e. The van der Waals surface area contributed by atoms with Gasteiger partial charge in [0.2, 0.25) is 0 Å². The maximum atomic E-state index is 13.4. The molecule has 0 spiro atoms. The molecule has 2 fully saturated rings. The topological polar surface area (TPSA) is 79.0 Å². The van der Waals surface area contributed by atoms with Crippen LogP contribution in [0.5, 0.6) is 11.5 Å². The molecule has 0 unspecified atom stereocenters. The summed E-state index contributed by atoms with van der Waals surface area (Å²) in [5.41, 5.74) is 1.93. The fourth-order valence-corrected chi connectivity index (χ4v) is 6.77. The number of ether oxygens (including phenoxy) is 1. The Morgan fingerprint density at radius 2 is 1.55 bits per heavy atom. The van der Waals surface area contributed by atoms with E-state index in [-0.39, 0.29) is 17.3 Å². The molecule has 4 rings (SSSR count). The van der Waals surface area contributed by atoms with Gasteiger partial charge in [-0.15, -0.1) is 0 Å². The molecule has 8 heteroatoms. The predicted molar refractivity (Wildman–Crippen MR) is 161 cm³/mol. The number of hydrogen-bond donors (Lipinski definition) is 1. The van der Waals surface area contributed by atoms with Gasteiger partial charge in [0.25, 0.3) is 0 Å². The van der Waals surface area contributed by atoms with Crippen molar-refractivity contribution in [2.75, 3.05) is 25.9 Å².